The number of nitrogens with zero attached hydrogens (tertiary/aromatic N) is 4. The highest BCUT2D eigenvalue weighted by atomic mass is 19.1. The molecular formula is C23H15FN4. The zero-order valence-corrected chi connectivity index (χ0v) is 15.1. The van der Waals surface area contributed by atoms with E-state index in [-0.39, 0.29) is 5.56 Å². The lowest BCUT2D eigenvalue weighted by Crippen LogP contribution is -1.97. The van der Waals surface area contributed by atoms with E-state index in [2.05, 4.69) is 23.3 Å². The molecule has 1 aliphatic carbocycles. The van der Waals surface area contributed by atoms with Crippen molar-refractivity contribution < 1.29 is 4.39 Å². The minimum Gasteiger partial charge on any atom is -0.268 e. The van der Waals surface area contributed by atoms with Crippen molar-refractivity contribution >= 4 is 17.0 Å². The topological polar surface area (TPSA) is 54.5 Å². The summed E-state index contributed by atoms with van der Waals surface area (Å²) in [5.41, 5.74) is 6.59. The second kappa shape index (κ2) is 6.14. The van der Waals surface area contributed by atoms with Gasteiger partial charge >= 0.3 is 0 Å². The van der Waals surface area contributed by atoms with E-state index < -0.39 is 5.82 Å². The Kier molecular flexibility index (Phi) is 3.59. The summed E-state index contributed by atoms with van der Waals surface area (Å²) in [6.45, 7) is 0. The molecule has 2 heterocycles. The van der Waals surface area contributed by atoms with Gasteiger partial charge in [-0.15, -0.1) is 0 Å². The Hall–Kier alpha value is -3.78. The summed E-state index contributed by atoms with van der Waals surface area (Å²) < 4.78 is 16.2. The van der Waals surface area contributed by atoms with Crippen molar-refractivity contribution in [3.63, 3.8) is 0 Å². The molecule has 0 bridgehead atoms. The number of aryl methyl sites for hydroxylation is 1. The Bertz CT molecular complexity index is 1320. The van der Waals surface area contributed by atoms with Crippen LogP contribution in [0.3, 0.4) is 0 Å². The normalized spacial score (nSPS) is 12.3. The molecule has 2 aromatic heterocycles. The van der Waals surface area contributed by atoms with Gasteiger partial charge in [0, 0.05) is 29.8 Å². The summed E-state index contributed by atoms with van der Waals surface area (Å²) in [5.74, 6) is -0.520. The molecule has 4 aromatic rings. The van der Waals surface area contributed by atoms with Crippen LogP contribution in [0.25, 0.3) is 39.4 Å². The molecule has 5 heteroatoms. The largest absolute Gasteiger partial charge is 0.268 e. The molecule has 0 fully saturated rings. The molecule has 0 spiro atoms. The van der Waals surface area contributed by atoms with Crippen LogP contribution < -0.4 is 0 Å². The van der Waals surface area contributed by atoms with Crippen LogP contribution in [0.15, 0.2) is 54.9 Å². The van der Waals surface area contributed by atoms with Crippen molar-refractivity contribution in [1.82, 2.24) is 14.8 Å². The van der Waals surface area contributed by atoms with Crippen molar-refractivity contribution in [2.45, 2.75) is 6.42 Å². The second-order valence-electron chi connectivity index (χ2n) is 6.88. The number of allylic oxidation sites excluding steroid dienone is 1. The zero-order valence-electron chi connectivity index (χ0n) is 15.1. The highest BCUT2D eigenvalue weighted by molar-refractivity contribution is 5.92. The number of pyridine rings is 1. The van der Waals surface area contributed by atoms with Gasteiger partial charge in [0.05, 0.1) is 23.0 Å². The van der Waals surface area contributed by atoms with Gasteiger partial charge in [-0.3, -0.25) is 9.67 Å². The number of hydrogen-bond acceptors (Lipinski definition) is 3. The van der Waals surface area contributed by atoms with Crippen molar-refractivity contribution in [2.24, 2.45) is 7.05 Å². The van der Waals surface area contributed by atoms with Crippen LogP contribution in [0.1, 0.15) is 16.7 Å². The minimum absolute atomic E-state index is 0.0400. The third-order valence-corrected chi connectivity index (χ3v) is 5.22. The maximum atomic E-state index is 14.4. The maximum Gasteiger partial charge on any atom is 0.141 e. The molecule has 0 aliphatic heterocycles. The number of fused-ring (bicyclic) bond motifs is 2. The molecule has 0 amide bonds. The first-order valence-corrected chi connectivity index (χ1v) is 8.96. The monoisotopic (exact) mass is 366 g/mol. The first-order valence-electron chi connectivity index (χ1n) is 8.96. The third kappa shape index (κ3) is 2.43. The van der Waals surface area contributed by atoms with E-state index in [0.717, 1.165) is 45.3 Å². The van der Waals surface area contributed by atoms with Crippen LogP contribution in [-0.4, -0.2) is 14.8 Å². The predicted molar refractivity (Wildman–Crippen MR) is 107 cm³/mol. The average Bonchev–Trinajstić information content (AvgIpc) is 3.33. The molecule has 0 unspecified atom stereocenters. The molecular weight excluding hydrogens is 351 g/mol. The predicted octanol–water partition coefficient (Wildman–Crippen LogP) is 4.88. The molecule has 134 valence electrons. The fourth-order valence-electron chi connectivity index (χ4n) is 3.80. The Balaban J connectivity index is 1.78. The Morgan fingerprint density at radius 2 is 1.96 bits per heavy atom. The van der Waals surface area contributed by atoms with E-state index in [0.29, 0.717) is 5.56 Å². The number of aromatic nitrogens is 3. The summed E-state index contributed by atoms with van der Waals surface area (Å²) >= 11 is 0. The number of halogens is 1. The van der Waals surface area contributed by atoms with Gasteiger partial charge in [0.2, 0.25) is 0 Å². The lowest BCUT2D eigenvalue weighted by atomic mass is 9.92. The first kappa shape index (κ1) is 16.4. The summed E-state index contributed by atoms with van der Waals surface area (Å²) in [7, 11) is 1.91. The van der Waals surface area contributed by atoms with E-state index in [1.807, 2.05) is 42.3 Å². The van der Waals surface area contributed by atoms with Crippen LogP contribution in [0.4, 0.5) is 4.39 Å². The van der Waals surface area contributed by atoms with Gasteiger partial charge < -0.3 is 0 Å². The summed E-state index contributed by atoms with van der Waals surface area (Å²) in [6, 6.07) is 12.7. The highest BCUT2D eigenvalue weighted by Crippen LogP contribution is 2.39. The molecule has 2 aromatic carbocycles. The van der Waals surface area contributed by atoms with Crippen LogP contribution in [0.5, 0.6) is 0 Å². The van der Waals surface area contributed by atoms with Crippen LogP contribution >= 0.6 is 0 Å². The van der Waals surface area contributed by atoms with Crippen molar-refractivity contribution in [2.75, 3.05) is 0 Å². The van der Waals surface area contributed by atoms with Crippen molar-refractivity contribution in [3.8, 4) is 28.5 Å². The summed E-state index contributed by atoms with van der Waals surface area (Å²) in [5, 5.41) is 14.4. The van der Waals surface area contributed by atoms with Gasteiger partial charge in [0.15, 0.2) is 0 Å². The van der Waals surface area contributed by atoms with Gasteiger partial charge in [-0.2, -0.15) is 10.4 Å². The molecule has 0 saturated heterocycles. The number of nitriles is 1. The molecule has 4 nitrogen and oxygen atoms in total. The summed E-state index contributed by atoms with van der Waals surface area (Å²) in [6.07, 6.45) is 8.68. The lowest BCUT2D eigenvalue weighted by Gasteiger charge is -2.14. The minimum atomic E-state index is -0.520. The lowest BCUT2D eigenvalue weighted by molar-refractivity contribution is 0.624. The fraction of sp³-hybridized carbons (Fsp3) is 0.0870. The van der Waals surface area contributed by atoms with E-state index in [1.165, 1.54) is 12.1 Å². The third-order valence-electron chi connectivity index (χ3n) is 5.22. The summed E-state index contributed by atoms with van der Waals surface area (Å²) in [4.78, 5) is 4.73. The molecule has 5 rings (SSSR count). The van der Waals surface area contributed by atoms with E-state index in [4.69, 9.17) is 10.2 Å². The fourth-order valence-corrected chi connectivity index (χ4v) is 3.80. The van der Waals surface area contributed by atoms with Crippen molar-refractivity contribution in [1.29, 1.82) is 5.26 Å². The number of hydrogen-bond donors (Lipinski definition) is 0. The Morgan fingerprint density at radius 3 is 2.79 bits per heavy atom. The van der Waals surface area contributed by atoms with Gasteiger partial charge in [-0.05, 0) is 47.4 Å². The van der Waals surface area contributed by atoms with Crippen LogP contribution in [0, 0.1) is 17.1 Å². The van der Waals surface area contributed by atoms with E-state index >= 15 is 0 Å². The highest BCUT2D eigenvalue weighted by Gasteiger charge is 2.20. The number of benzene rings is 2. The van der Waals surface area contributed by atoms with Gasteiger partial charge in [0.1, 0.15) is 11.9 Å². The standard InChI is InChI=1S/C23H15FN4/c1-28-21-8-7-15(9-18(21)13-27-28)23-22(19-4-2-3-17(19)12-26-23)14-5-6-16(11-25)20(24)10-14/h2,4-10,12-13H,3H2,1H3. The molecule has 28 heavy (non-hydrogen) atoms. The molecule has 0 N–H and O–H groups in total. The van der Waals surface area contributed by atoms with Gasteiger partial charge in [-0.1, -0.05) is 24.3 Å². The average molecular weight is 366 g/mol. The first-order chi connectivity index (χ1) is 13.7. The van der Waals surface area contributed by atoms with Crippen LogP contribution in [0.2, 0.25) is 0 Å². The molecule has 1 aliphatic rings. The quantitative estimate of drug-likeness (QED) is 0.508. The maximum absolute atomic E-state index is 14.4. The van der Waals surface area contributed by atoms with Gasteiger partial charge in [-0.25, -0.2) is 4.39 Å². The van der Waals surface area contributed by atoms with E-state index in [9.17, 15) is 4.39 Å². The SMILES string of the molecule is Cn1ncc2cc(-c3ncc4c(c3-c3ccc(C#N)c(F)c3)C=CC4)ccc21. The smallest absolute Gasteiger partial charge is 0.141 e. The van der Waals surface area contributed by atoms with Crippen molar-refractivity contribution in [3.05, 3.63) is 77.4 Å². The van der Waals surface area contributed by atoms with E-state index in [1.54, 1.807) is 6.07 Å². The van der Waals surface area contributed by atoms with Gasteiger partial charge in [0.25, 0.3) is 0 Å². The van der Waals surface area contributed by atoms with Crippen LogP contribution in [-0.2, 0) is 13.5 Å². The second-order valence-corrected chi connectivity index (χ2v) is 6.88. The molecule has 0 saturated carbocycles. The molecule has 0 radical (unpaired) electrons. The Morgan fingerprint density at radius 1 is 1.11 bits per heavy atom. The Labute approximate surface area is 161 Å². The number of rotatable bonds is 2. The zero-order chi connectivity index (χ0) is 19.3. The molecule has 0 atom stereocenters.